The van der Waals surface area contributed by atoms with Crippen molar-refractivity contribution in [1.29, 1.82) is 0 Å². The molecule has 0 unspecified atom stereocenters. The molecule has 2 aromatic heterocycles. The molecule has 0 aromatic carbocycles. The number of hydrogen-bond acceptors (Lipinski definition) is 5. The minimum absolute atomic E-state index is 0.0593. The molecular weight excluding hydrogens is 319 g/mol. The zero-order chi connectivity index (χ0) is 15.7. The third-order valence-electron chi connectivity index (χ3n) is 3.47. The van der Waals surface area contributed by atoms with Gasteiger partial charge in [0.25, 0.3) is 5.91 Å². The predicted molar refractivity (Wildman–Crippen MR) is 71.5 cm³/mol. The molecule has 1 saturated heterocycles. The second-order valence-electron chi connectivity index (χ2n) is 5.01. The summed E-state index contributed by atoms with van der Waals surface area (Å²) in [5.74, 6) is -1.88. The number of thiophene rings is 1. The van der Waals surface area contributed by atoms with E-state index in [9.17, 15) is 18.0 Å². The largest absolute Gasteiger partial charge is 0.470 e. The van der Waals surface area contributed by atoms with Gasteiger partial charge < -0.3 is 9.32 Å². The summed E-state index contributed by atoms with van der Waals surface area (Å²) >= 11 is 1.34. The van der Waals surface area contributed by atoms with Gasteiger partial charge in [-0.15, -0.1) is 21.5 Å². The van der Waals surface area contributed by atoms with E-state index in [0.717, 1.165) is 0 Å². The molecule has 22 heavy (non-hydrogen) atoms. The van der Waals surface area contributed by atoms with Crippen LogP contribution in [0.3, 0.4) is 0 Å². The van der Waals surface area contributed by atoms with Gasteiger partial charge in [0.05, 0.1) is 10.8 Å². The smallest absolute Gasteiger partial charge is 0.417 e. The van der Waals surface area contributed by atoms with Crippen LogP contribution in [0.25, 0.3) is 0 Å². The highest BCUT2D eigenvalue weighted by Gasteiger charge is 2.39. The molecule has 0 saturated carbocycles. The van der Waals surface area contributed by atoms with E-state index in [1.807, 2.05) is 5.38 Å². The van der Waals surface area contributed by atoms with Crippen molar-refractivity contribution in [3.05, 3.63) is 34.2 Å². The fourth-order valence-corrected chi connectivity index (χ4v) is 3.12. The first-order chi connectivity index (χ1) is 10.4. The highest BCUT2D eigenvalue weighted by molar-refractivity contribution is 7.12. The van der Waals surface area contributed by atoms with Gasteiger partial charge in [0.2, 0.25) is 5.89 Å². The lowest BCUT2D eigenvalue weighted by atomic mass is 9.98. The number of piperidine rings is 1. The van der Waals surface area contributed by atoms with Gasteiger partial charge in [-0.3, -0.25) is 4.79 Å². The summed E-state index contributed by atoms with van der Waals surface area (Å²) in [7, 11) is 0. The number of likely N-dealkylation sites (tertiary alicyclic amines) is 1. The third kappa shape index (κ3) is 2.99. The number of amides is 1. The average Bonchev–Trinajstić information content (AvgIpc) is 3.17. The van der Waals surface area contributed by atoms with Crippen molar-refractivity contribution in [2.45, 2.75) is 24.9 Å². The van der Waals surface area contributed by atoms with E-state index in [2.05, 4.69) is 10.2 Å². The van der Waals surface area contributed by atoms with Crippen LogP contribution in [0.4, 0.5) is 13.2 Å². The topological polar surface area (TPSA) is 59.2 Å². The average molecular weight is 331 g/mol. The molecule has 9 heteroatoms. The minimum Gasteiger partial charge on any atom is -0.417 e. The number of nitrogens with zero attached hydrogens (tertiary/aromatic N) is 3. The van der Waals surface area contributed by atoms with Crippen LogP contribution in [-0.4, -0.2) is 34.1 Å². The first kappa shape index (κ1) is 15.0. The van der Waals surface area contributed by atoms with Crippen molar-refractivity contribution in [2.75, 3.05) is 13.1 Å². The molecule has 1 aliphatic rings. The lowest BCUT2D eigenvalue weighted by Crippen LogP contribution is -2.38. The maximum Gasteiger partial charge on any atom is 0.470 e. The van der Waals surface area contributed by atoms with Crippen LogP contribution in [0, 0.1) is 0 Å². The van der Waals surface area contributed by atoms with E-state index in [4.69, 9.17) is 4.42 Å². The SMILES string of the molecule is O=C(c1cccs1)N1CCC[C@H](c2nnc(C(F)(F)F)o2)C1. The van der Waals surface area contributed by atoms with Crippen molar-refractivity contribution in [1.82, 2.24) is 15.1 Å². The Balaban J connectivity index is 1.73. The first-order valence-electron chi connectivity index (χ1n) is 6.68. The summed E-state index contributed by atoms with van der Waals surface area (Å²) in [5, 5.41) is 8.34. The monoisotopic (exact) mass is 331 g/mol. The number of carbonyl (C=O) groups excluding carboxylic acids is 1. The first-order valence-corrected chi connectivity index (χ1v) is 7.56. The summed E-state index contributed by atoms with van der Waals surface area (Å²) in [6.45, 7) is 0.865. The van der Waals surface area contributed by atoms with Crippen LogP contribution in [0.1, 0.15) is 40.2 Å². The fraction of sp³-hybridized carbons (Fsp3) is 0.462. The van der Waals surface area contributed by atoms with Crippen LogP contribution in [0.5, 0.6) is 0 Å². The number of hydrogen-bond donors (Lipinski definition) is 0. The van der Waals surface area contributed by atoms with E-state index in [-0.39, 0.29) is 24.3 Å². The maximum atomic E-state index is 12.5. The summed E-state index contributed by atoms with van der Waals surface area (Å²) in [6, 6.07) is 3.51. The molecule has 2 aromatic rings. The van der Waals surface area contributed by atoms with Crippen molar-refractivity contribution < 1.29 is 22.4 Å². The number of halogens is 3. The molecule has 1 fully saturated rings. The second-order valence-corrected chi connectivity index (χ2v) is 5.96. The number of carbonyl (C=O) groups is 1. The van der Waals surface area contributed by atoms with Gasteiger partial charge in [0.15, 0.2) is 0 Å². The van der Waals surface area contributed by atoms with Gasteiger partial charge in [0, 0.05) is 13.1 Å². The van der Waals surface area contributed by atoms with Crippen molar-refractivity contribution in [3.8, 4) is 0 Å². The lowest BCUT2D eigenvalue weighted by molar-refractivity contribution is -0.157. The van der Waals surface area contributed by atoms with E-state index < -0.39 is 12.1 Å². The molecule has 1 aliphatic heterocycles. The van der Waals surface area contributed by atoms with Gasteiger partial charge in [-0.05, 0) is 24.3 Å². The number of aromatic nitrogens is 2. The molecule has 1 atom stereocenters. The zero-order valence-corrected chi connectivity index (χ0v) is 12.2. The number of rotatable bonds is 2. The highest BCUT2D eigenvalue weighted by Crippen LogP contribution is 2.32. The van der Waals surface area contributed by atoms with E-state index >= 15 is 0 Å². The molecule has 0 bridgehead atoms. The van der Waals surface area contributed by atoms with E-state index in [1.54, 1.807) is 17.0 Å². The Morgan fingerprint density at radius 2 is 2.23 bits per heavy atom. The van der Waals surface area contributed by atoms with Crippen LogP contribution < -0.4 is 0 Å². The van der Waals surface area contributed by atoms with Gasteiger partial charge in [-0.2, -0.15) is 13.2 Å². The Morgan fingerprint density at radius 1 is 1.41 bits per heavy atom. The van der Waals surface area contributed by atoms with Crippen molar-refractivity contribution in [3.63, 3.8) is 0 Å². The Morgan fingerprint density at radius 3 is 2.86 bits per heavy atom. The highest BCUT2D eigenvalue weighted by atomic mass is 32.1. The molecule has 0 radical (unpaired) electrons. The Kier molecular flexibility index (Phi) is 3.90. The van der Waals surface area contributed by atoms with Crippen LogP contribution in [0.15, 0.2) is 21.9 Å². The standard InChI is InChI=1S/C13H12F3N3O2S/c14-13(15,16)12-18-17-10(21-12)8-3-1-5-19(7-8)11(20)9-4-2-6-22-9/h2,4,6,8H,1,3,5,7H2/t8-/m0/s1. The van der Waals surface area contributed by atoms with E-state index in [0.29, 0.717) is 24.3 Å². The Labute approximate surface area is 127 Å². The Bertz CT molecular complexity index is 654. The maximum absolute atomic E-state index is 12.5. The molecule has 0 spiro atoms. The zero-order valence-electron chi connectivity index (χ0n) is 11.3. The van der Waals surface area contributed by atoms with Crippen LogP contribution in [0.2, 0.25) is 0 Å². The molecule has 3 heterocycles. The molecular formula is C13H12F3N3O2S. The van der Waals surface area contributed by atoms with Crippen LogP contribution >= 0.6 is 11.3 Å². The quantitative estimate of drug-likeness (QED) is 0.848. The molecule has 0 aliphatic carbocycles. The van der Waals surface area contributed by atoms with Crippen LogP contribution in [-0.2, 0) is 6.18 Å². The van der Waals surface area contributed by atoms with Gasteiger partial charge in [0.1, 0.15) is 0 Å². The normalized spacial score (nSPS) is 19.4. The van der Waals surface area contributed by atoms with Gasteiger partial charge in [-0.25, -0.2) is 0 Å². The number of alkyl halides is 3. The van der Waals surface area contributed by atoms with Crippen molar-refractivity contribution in [2.24, 2.45) is 0 Å². The van der Waals surface area contributed by atoms with E-state index in [1.165, 1.54) is 11.3 Å². The molecule has 118 valence electrons. The minimum atomic E-state index is -4.65. The third-order valence-corrected chi connectivity index (χ3v) is 4.33. The van der Waals surface area contributed by atoms with Gasteiger partial charge >= 0.3 is 12.1 Å². The predicted octanol–water partition coefficient (Wildman–Crippen LogP) is 3.17. The van der Waals surface area contributed by atoms with Crippen molar-refractivity contribution >= 4 is 17.2 Å². The molecule has 1 amide bonds. The fourth-order valence-electron chi connectivity index (χ4n) is 2.43. The molecule has 5 nitrogen and oxygen atoms in total. The molecule has 0 N–H and O–H groups in total. The Hall–Kier alpha value is -1.90. The second kappa shape index (κ2) is 5.71. The summed E-state index contributed by atoms with van der Waals surface area (Å²) < 4.78 is 42.2. The summed E-state index contributed by atoms with van der Waals surface area (Å²) in [4.78, 5) is 14.5. The summed E-state index contributed by atoms with van der Waals surface area (Å²) in [6.07, 6.45) is -3.34. The summed E-state index contributed by atoms with van der Waals surface area (Å²) in [5.41, 5.74) is 0. The molecule has 3 rings (SSSR count). The lowest BCUT2D eigenvalue weighted by Gasteiger charge is -2.30. The van der Waals surface area contributed by atoms with Gasteiger partial charge in [-0.1, -0.05) is 6.07 Å².